The number of phenols is 1. The van der Waals surface area contributed by atoms with Crippen LogP contribution in [0.15, 0.2) is 29.3 Å². The summed E-state index contributed by atoms with van der Waals surface area (Å²) in [6, 6.07) is 8.06. The summed E-state index contributed by atoms with van der Waals surface area (Å²) in [4.78, 5) is 18.5. The molecule has 2 aromatic rings. The summed E-state index contributed by atoms with van der Waals surface area (Å²) in [5.74, 6) is -0.102. The van der Waals surface area contributed by atoms with Gasteiger partial charge in [0.25, 0.3) is 0 Å². The first-order chi connectivity index (χ1) is 11.7. The molecule has 25 heavy (non-hydrogen) atoms. The average Bonchev–Trinajstić information content (AvgIpc) is 2.94. The molecule has 1 aliphatic heterocycles. The van der Waals surface area contributed by atoms with Crippen LogP contribution in [0.4, 0.5) is 0 Å². The van der Waals surface area contributed by atoms with Crippen LogP contribution in [-0.4, -0.2) is 34.0 Å². The quantitative estimate of drug-likeness (QED) is 0.760. The molecule has 0 saturated heterocycles. The monoisotopic (exact) mass is 356 g/mol. The van der Waals surface area contributed by atoms with Crippen molar-refractivity contribution in [1.82, 2.24) is 4.90 Å². The number of nitrogens with zero attached hydrogens (tertiary/aromatic N) is 3. The van der Waals surface area contributed by atoms with Crippen LogP contribution < -0.4 is 5.73 Å². The lowest BCUT2D eigenvalue weighted by Gasteiger charge is -2.32. The van der Waals surface area contributed by atoms with Crippen LogP contribution in [0.2, 0.25) is 0 Å². The van der Waals surface area contributed by atoms with E-state index >= 15 is 0 Å². The smallest absolute Gasteiger partial charge is 0.231 e. The van der Waals surface area contributed by atoms with Gasteiger partial charge >= 0.3 is 0 Å². The third kappa shape index (κ3) is 2.90. The summed E-state index contributed by atoms with van der Waals surface area (Å²) in [6.07, 6.45) is 0.132. The summed E-state index contributed by atoms with van der Waals surface area (Å²) < 4.78 is 0. The van der Waals surface area contributed by atoms with Gasteiger partial charge in [0.2, 0.25) is 5.91 Å². The Morgan fingerprint density at radius 3 is 2.72 bits per heavy atom. The molecule has 2 heterocycles. The molecule has 8 heteroatoms. The lowest BCUT2D eigenvalue weighted by molar-refractivity contribution is -0.128. The van der Waals surface area contributed by atoms with E-state index in [-0.39, 0.29) is 34.7 Å². The second-order valence-corrected chi connectivity index (χ2v) is 7.11. The Labute approximate surface area is 148 Å². The van der Waals surface area contributed by atoms with Gasteiger partial charge in [-0.25, -0.2) is 4.99 Å². The van der Waals surface area contributed by atoms with E-state index in [0.29, 0.717) is 16.0 Å². The standard InChI is InChI=1S/C17H16N4O3S/c1-17(7-14(23)21(2)16(19)20-17)13-6-12(15(24)25-13)10-3-9(8-18)4-11(22)5-10/h3-6,22,24H,7H2,1-2H3,(H2,19,20)/t17-/m0/s1. The zero-order valence-electron chi connectivity index (χ0n) is 13.6. The van der Waals surface area contributed by atoms with Crippen molar-refractivity contribution < 1.29 is 15.0 Å². The lowest BCUT2D eigenvalue weighted by atomic mass is 9.93. The normalized spacial score (nSPS) is 20.3. The molecule has 3 rings (SSSR count). The topological polar surface area (TPSA) is 123 Å². The van der Waals surface area contributed by atoms with Crippen molar-refractivity contribution in [3.63, 3.8) is 0 Å². The fourth-order valence-corrected chi connectivity index (χ4v) is 3.74. The number of nitriles is 1. The maximum absolute atomic E-state index is 12.1. The van der Waals surface area contributed by atoms with Crippen molar-refractivity contribution in [2.45, 2.75) is 18.9 Å². The summed E-state index contributed by atoms with van der Waals surface area (Å²) in [7, 11) is 1.56. The third-order valence-corrected chi connectivity index (χ3v) is 5.37. The minimum atomic E-state index is -0.872. The number of carbonyl (C=O) groups is 1. The molecular weight excluding hydrogens is 340 g/mol. The predicted molar refractivity (Wildman–Crippen MR) is 94.2 cm³/mol. The molecule has 1 aromatic heterocycles. The molecule has 4 N–H and O–H groups in total. The Kier molecular flexibility index (Phi) is 3.89. The minimum absolute atomic E-state index is 0.0193. The second kappa shape index (κ2) is 5.79. The largest absolute Gasteiger partial charge is 0.508 e. The Bertz CT molecular complexity index is 944. The van der Waals surface area contributed by atoms with Crippen LogP contribution in [0, 0.1) is 11.3 Å². The molecule has 0 unspecified atom stereocenters. The summed E-state index contributed by atoms with van der Waals surface area (Å²) in [6.45, 7) is 1.78. The molecule has 1 aromatic carbocycles. The van der Waals surface area contributed by atoms with Crippen LogP contribution in [0.25, 0.3) is 11.1 Å². The first-order valence-electron chi connectivity index (χ1n) is 7.43. The molecule has 0 radical (unpaired) electrons. The zero-order chi connectivity index (χ0) is 18.4. The number of phenolic OH excluding ortho intramolecular Hbond substituents is 1. The van der Waals surface area contributed by atoms with Crippen LogP contribution in [-0.2, 0) is 10.3 Å². The van der Waals surface area contributed by atoms with Gasteiger partial charge in [-0.2, -0.15) is 5.26 Å². The molecule has 0 bridgehead atoms. The third-order valence-electron chi connectivity index (χ3n) is 4.18. The number of hydrogen-bond acceptors (Lipinski definition) is 7. The number of aliphatic imine (C=N–C) groups is 1. The number of guanidine groups is 1. The number of carbonyl (C=O) groups excluding carboxylic acids is 1. The van der Waals surface area contributed by atoms with Gasteiger partial charge in [0.05, 0.1) is 18.1 Å². The van der Waals surface area contributed by atoms with Crippen molar-refractivity contribution in [3.8, 4) is 28.0 Å². The van der Waals surface area contributed by atoms with Gasteiger partial charge in [0, 0.05) is 17.5 Å². The highest BCUT2D eigenvalue weighted by Gasteiger charge is 2.38. The van der Waals surface area contributed by atoms with Crippen LogP contribution in [0.3, 0.4) is 0 Å². The van der Waals surface area contributed by atoms with Gasteiger partial charge in [-0.3, -0.25) is 9.69 Å². The number of rotatable bonds is 2. The number of amides is 1. The van der Waals surface area contributed by atoms with E-state index in [2.05, 4.69) is 4.99 Å². The van der Waals surface area contributed by atoms with E-state index < -0.39 is 5.54 Å². The highest BCUT2D eigenvalue weighted by molar-refractivity contribution is 7.14. The molecule has 0 spiro atoms. The van der Waals surface area contributed by atoms with Gasteiger partial charge in [0.1, 0.15) is 11.3 Å². The van der Waals surface area contributed by atoms with Gasteiger partial charge in [-0.1, -0.05) is 0 Å². The van der Waals surface area contributed by atoms with E-state index in [4.69, 9.17) is 11.0 Å². The first-order valence-corrected chi connectivity index (χ1v) is 8.25. The maximum atomic E-state index is 12.1. The number of hydrogen-bond donors (Lipinski definition) is 3. The molecule has 128 valence electrons. The Balaban J connectivity index is 2.09. The fraction of sp³-hybridized carbons (Fsp3) is 0.235. The molecule has 7 nitrogen and oxygen atoms in total. The molecular formula is C17H16N4O3S. The van der Waals surface area contributed by atoms with E-state index in [1.165, 1.54) is 17.0 Å². The van der Waals surface area contributed by atoms with Gasteiger partial charge in [0.15, 0.2) is 11.0 Å². The zero-order valence-corrected chi connectivity index (χ0v) is 14.5. The van der Waals surface area contributed by atoms with E-state index in [0.717, 1.165) is 11.3 Å². The first kappa shape index (κ1) is 16.8. The molecule has 1 aliphatic rings. The van der Waals surface area contributed by atoms with Gasteiger partial charge < -0.3 is 15.9 Å². The van der Waals surface area contributed by atoms with Crippen molar-refractivity contribution in [2.75, 3.05) is 7.05 Å². The van der Waals surface area contributed by atoms with Crippen molar-refractivity contribution in [1.29, 1.82) is 5.26 Å². The number of aromatic hydroxyl groups is 2. The highest BCUT2D eigenvalue weighted by atomic mass is 32.1. The van der Waals surface area contributed by atoms with E-state index in [9.17, 15) is 15.0 Å². The molecule has 0 fully saturated rings. The lowest BCUT2D eigenvalue weighted by Crippen LogP contribution is -2.47. The Morgan fingerprint density at radius 1 is 1.36 bits per heavy atom. The van der Waals surface area contributed by atoms with E-state index in [1.54, 1.807) is 26.1 Å². The van der Waals surface area contributed by atoms with Crippen LogP contribution in [0.1, 0.15) is 23.8 Å². The van der Waals surface area contributed by atoms with Gasteiger partial charge in [-0.05, 0) is 36.8 Å². The highest BCUT2D eigenvalue weighted by Crippen LogP contribution is 2.45. The van der Waals surface area contributed by atoms with Crippen molar-refractivity contribution >= 4 is 23.2 Å². The summed E-state index contributed by atoms with van der Waals surface area (Å²) >= 11 is 1.10. The number of nitrogens with two attached hydrogens (primary N) is 1. The molecule has 0 saturated carbocycles. The molecule has 0 aliphatic carbocycles. The summed E-state index contributed by atoms with van der Waals surface area (Å²) in [5, 5.41) is 29.2. The van der Waals surface area contributed by atoms with Crippen molar-refractivity contribution in [2.24, 2.45) is 10.7 Å². The van der Waals surface area contributed by atoms with Crippen LogP contribution >= 0.6 is 11.3 Å². The van der Waals surface area contributed by atoms with E-state index in [1.807, 2.05) is 6.07 Å². The SMILES string of the molecule is CN1C(=O)C[C@@](C)(c2cc(-c3cc(O)cc(C#N)c3)c(O)s2)N=C1N. The molecule has 1 amide bonds. The Morgan fingerprint density at radius 2 is 2.08 bits per heavy atom. The predicted octanol–water partition coefficient (Wildman–Crippen LogP) is 2.09. The maximum Gasteiger partial charge on any atom is 0.231 e. The average molecular weight is 356 g/mol. The fourth-order valence-electron chi connectivity index (χ4n) is 2.74. The Hall–Kier alpha value is -3.05. The van der Waals surface area contributed by atoms with Crippen molar-refractivity contribution in [3.05, 3.63) is 34.7 Å². The van der Waals surface area contributed by atoms with Gasteiger partial charge in [-0.15, -0.1) is 11.3 Å². The molecule has 1 atom stereocenters. The van der Waals surface area contributed by atoms with Crippen LogP contribution in [0.5, 0.6) is 10.8 Å². The number of benzene rings is 1. The summed E-state index contributed by atoms with van der Waals surface area (Å²) in [5.41, 5.74) is 6.21. The second-order valence-electron chi connectivity index (χ2n) is 6.08. The minimum Gasteiger partial charge on any atom is -0.508 e. The number of thiophene rings is 1.